The number of halogens is 1. The molecular weight excluding hydrogens is 476 g/mol. The van der Waals surface area contributed by atoms with Crippen LogP contribution in [0.5, 0.6) is 17.2 Å². The molecule has 0 radical (unpaired) electrons. The molecule has 0 aliphatic heterocycles. The van der Waals surface area contributed by atoms with E-state index in [0.717, 1.165) is 10.6 Å². The van der Waals surface area contributed by atoms with Gasteiger partial charge < -0.3 is 19.1 Å². The molecule has 12 heteroatoms. The third-order valence-electron chi connectivity index (χ3n) is 4.68. The third-order valence-corrected chi connectivity index (χ3v) is 5.32. The number of fused-ring (bicyclic) bond motifs is 1. The summed E-state index contributed by atoms with van der Waals surface area (Å²) in [5, 5.41) is 22.0. The summed E-state index contributed by atoms with van der Waals surface area (Å²) in [7, 11) is 2.92. The van der Waals surface area contributed by atoms with Crippen LogP contribution in [0.2, 0.25) is 0 Å². The molecule has 0 bridgehead atoms. The van der Waals surface area contributed by atoms with Gasteiger partial charge in [0.15, 0.2) is 0 Å². The number of rotatable bonds is 6. The molecule has 0 spiro atoms. The molecule has 3 rings (SSSR count). The molecule has 0 aliphatic carbocycles. The Labute approximate surface area is 183 Å². The number of nitro groups is 1. The number of hydrogen-bond acceptors (Lipinski definition) is 8. The van der Waals surface area contributed by atoms with Crippen LogP contribution in [0, 0.1) is 10.1 Å². The maximum Gasteiger partial charge on any atom is 0.285 e. The molecule has 1 amide bonds. The Balaban J connectivity index is 2.38. The van der Waals surface area contributed by atoms with Crippen molar-refractivity contribution in [3.8, 4) is 17.2 Å². The van der Waals surface area contributed by atoms with Crippen LogP contribution in [-0.2, 0) is 6.54 Å². The molecule has 1 aromatic heterocycles. The Bertz CT molecular complexity index is 1270. The maximum absolute atomic E-state index is 13.1. The van der Waals surface area contributed by atoms with E-state index in [9.17, 15) is 24.8 Å². The van der Waals surface area contributed by atoms with E-state index in [2.05, 4.69) is 15.9 Å². The summed E-state index contributed by atoms with van der Waals surface area (Å²) < 4.78 is 11.7. The van der Waals surface area contributed by atoms with Crippen molar-refractivity contribution in [2.24, 2.45) is 5.84 Å². The van der Waals surface area contributed by atoms with Gasteiger partial charge in [-0.2, -0.15) is 0 Å². The van der Waals surface area contributed by atoms with E-state index in [1.54, 1.807) is 18.2 Å². The van der Waals surface area contributed by atoms with Gasteiger partial charge in [-0.05, 0) is 34.1 Å². The van der Waals surface area contributed by atoms with Gasteiger partial charge >= 0.3 is 0 Å². The molecule has 11 nitrogen and oxygen atoms in total. The zero-order valence-electron chi connectivity index (χ0n) is 16.3. The molecular formula is C19H17BrN4O7. The standard InChI is InChI=1S/C19H17BrN4O7/c1-30-10-4-3-9(15(5-10)31-2)8-23-13-7-14(24(28)29)12(20)6-11(13)17(25)16(19(23)27)18(26)22-21/h3-7,25H,8,21H2,1-2H3,(H,22,26). The summed E-state index contributed by atoms with van der Waals surface area (Å²) in [6, 6.07) is 7.31. The van der Waals surface area contributed by atoms with Crippen LogP contribution in [0.1, 0.15) is 15.9 Å². The molecule has 0 aliphatic rings. The molecule has 0 atom stereocenters. The van der Waals surface area contributed by atoms with Gasteiger partial charge in [-0.3, -0.25) is 25.1 Å². The van der Waals surface area contributed by atoms with Crippen molar-refractivity contribution in [1.82, 2.24) is 9.99 Å². The number of nitrogen functional groups attached to an aromatic ring is 1. The van der Waals surface area contributed by atoms with E-state index < -0.39 is 27.7 Å². The van der Waals surface area contributed by atoms with E-state index in [-0.39, 0.29) is 27.6 Å². The smallest absolute Gasteiger partial charge is 0.285 e. The van der Waals surface area contributed by atoms with Crippen LogP contribution in [0.3, 0.4) is 0 Å². The van der Waals surface area contributed by atoms with Gasteiger partial charge in [0.1, 0.15) is 22.8 Å². The van der Waals surface area contributed by atoms with Gasteiger partial charge in [0, 0.05) is 23.1 Å². The number of aromatic hydroxyl groups is 1. The van der Waals surface area contributed by atoms with Gasteiger partial charge in [0.05, 0.1) is 35.7 Å². The molecule has 0 fully saturated rings. The van der Waals surface area contributed by atoms with Crippen molar-refractivity contribution in [2.45, 2.75) is 6.54 Å². The van der Waals surface area contributed by atoms with Crippen LogP contribution in [0.4, 0.5) is 5.69 Å². The quantitative estimate of drug-likeness (QED) is 0.204. The van der Waals surface area contributed by atoms with Crippen LogP contribution < -0.4 is 26.3 Å². The summed E-state index contributed by atoms with van der Waals surface area (Å²) in [6.07, 6.45) is 0. The Morgan fingerprint density at radius 3 is 2.58 bits per heavy atom. The minimum atomic E-state index is -1.01. The number of hydrogen-bond donors (Lipinski definition) is 3. The highest BCUT2D eigenvalue weighted by Crippen LogP contribution is 2.35. The fraction of sp³-hybridized carbons (Fsp3) is 0.158. The zero-order valence-corrected chi connectivity index (χ0v) is 17.9. The lowest BCUT2D eigenvalue weighted by Gasteiger charge is -2.17. The molecule has 3 aromatic rings. The fourth-order valence-electron chi connectivity index (χ4n) is 3.17. The summed E-state index contributed by atoms with van der Waals surface area (Å²) >= 11 is 3.08. The van der Waals surface area contributed by atoms with Gasteiger partial charge in [-0.15, -0.1) is 0 Å². The van der Waals surface area contributed by atoms with Gasteiger partial charge in [-0.1, -0.05) is 0 Å². The Hall–Kier alpha value is -3.64. The van der Waals surface area contributed by atoms with Crippen molar-refractivity contribution >= 4 is 38.4 Å². The lowest BCUT2D eigenvalue weighted by molar-refractivity contribution is -0.385. The first-order valence-electron chi connectivity index (χ1n) is 8.68. The second kappa shape index (κ2) is 8.62. The average molecular weight is 493 g/mol. The number of methoxy groups -OCH3 is 2. The normalized spacial score (nSPS) is 10.7. The van der Waals surface area contributed by atoms with Crippen LogP contribution in [-0.4, -0.2) is 34.7 Å². The molecule has 2 aromatic carbocycles. The summed E-state index contributed by atoms with van der Waals surface area (Å²) in [6.45, 7) is -0.119. The number of hydrazine groups is 1. The molecule has 0 saturated heterocycles. The SMILES string of the molecule is COc1ccc(Cn2c(=O)c(C(=O)NN)c(O)c3cc(Br)c([N+](=O)[O-])cc32)c(OC)c1. The first kappa shape index (κ1) is 22.1. The number of carbonyl (C=O) groups excluding carboxylic acids is 1. The van der Waals surface area contributed by atoms with Gasteiger partial charge in [0.2, 0.25) is 0 Å². The highest BCUT2D eigenvalue weighted by Gasteiger charge is 2.25. The Morgan fingerprint density at radius 1 is 1.29 bits per heavy atom. The number of nitro benzene ring substituents is 1. The van der Waals surface area contributed by atoms with Crippen LogP contribution >= 0.6 is 15.9 Å². The number of amides is 1. The zero-order chi connectivity index (χ0) is 22.9. The summed E-state index contributed by atoms with van der Waals surface area (Å²) in [4.78, 5) is 36.1. The van der Waals surface area contributed by atoms with Crippen LogP contribution in [0.15, 0.2) is 39.6 Å². The predicted octanol–water partition coefficient (Wildman–Crippen LogP) is 2.05. The molecule has 31 heavy (non-hydrogen) atoms. The molecule has 4 N–H and O–H groups in total. The molecule has 0 saturated carbocycles. The van der Waals surface area contributed by atoms with Crippen molar-refractivity contribution in [3.63, 3.8) is 0 Å². The first-order chi connectivity index (χ1) is 14.7. The largest absolute Gasteiger partial charge is 0.506 e. The van der Waals surface area contributed by atoms with E-state index >= 15 is 0 Å². The van der Waals surface area contributed by atoms with Crippen LogP contribution in [0.25, 0.3) is 10.9 Å². The highest BCUT2D eigenvalue weighted by atomic mass is 79.9. The number of aromatic nitrogens is 1. The maximum atomic E-state index is 13.1. The lowest BCUT2D eigenvalue weighted by atomic mass is 10.1. The number of ether oxygens (including phenoxy) is 2. The topological polar surface area (TPSA) is 159 Å². The number of nitrogens with two attached hydrogens (primary N) is 1. The molecule has 0 unspecified atom stereocenters. The van der Waals surface area contributed by atoms with E-state index in [4.69, 9.17) is 15.3 Å². The Morgan fingerprint density at radius 2 is 2.00 bits per heavy atom. The number of nitrogens with zero attached hydrogens (tertiary/aromatic N) is 2. The highest BCUT2D eigenvalue weighted by molar-refractivity contribution is 9.10. The second-order valence-electron chi connectivity index (χ2n) is 6.34. The minimum absolute atomic E-state index is 0.0446. The fourth-order valence-corrected chi connectivity index (χ4v) is 3.66. The first-order valence-corrected chi connectivity index (χ1v) is 9.48. The van der Waals surface area contributed by atoms with Crippen molar-refractivity contribution in [2.75, 3.05) is 14.2 Å². The Kier molecular flexibility index (Phi) is 6.13. The summed E-state index contributed by atoms with van der Waals surface area (Å²) in [5.41, 5.74) is 0.600. The number of benzene rings is 2. The molecule has 162 valence electrons. The third kappa shape index (κ3) is 3.90. The van der Waals surface area contributed by atoms with Gasteiger partial charge in [-0.25, -0.2) is 5.84 Å². The van der Waals surface area contributed by atoms with Gasteiger partial charge in [0.25, 0.3) is 17.2 Å². The summed E-state index contributed by atoms with van der Waals surface area (Å²) in [5.74, 6) is 4.43. The van der Waals surface area contributed by atoms with Crippen molar-refractivity contribution < 1.29 is 24.3 Å². The monoisotopic (exact) mass is 492 g/mol. The number of carbonyl (C=O) groups is 1. The predicted molar refractivity (Wildman–Crippen MR) is 115 cm³/mol. The van der Waals surface area contributed by atoms with E-state index in [0.29, 0.717) is 17.1 Å². The minimum Gasteiger partial charge on any atom is -0.506 e. The number of nitrogens with one attached hydrogen (secondary N) is 1. The second-order valence-corrected chi connectivity index (χ2v) is 7.20. The van der Waals surface area contributed by atoms with Crippen molar-refractivity contribution in [1.29, 1.82) is 0 Å². The molecule has 1 heterocycles. The average Bonchev–Trinajstić information content (AvgIpc) is 2.76. The number of pyridine rings is 1. The van der Waals surface area contributed by atoms with Crippen molar-refractivity contribution in [3.05, 3.63) is 66.4 Å². The lowest BCUT2D eigenvalue weighted by Crippen LogP contribution is -2.37. The van der Waals surface area contributed by atoms with E-state index in [1.807, 2.05) is 5.43 Å². The van der Waals surface area contributed by atoms with E-state index in [1.165, 1.54) is 20.3 Å².